The summed E-state index contributed by atoms with van der Waals surface area (Å²) >= 11 is 0. The van der Waals surface area contributed by atoms with E-state index in [9.17, 15) is 0 Å². The fourth-order valence-electron chi connectivity index (χ4n) is 2.69. The highest BCUT2D eigenvalue weighted by Gasteiger charge is 2.15. The third-order valence-corrected chi connectivity index (χ3v) is 4.17. The van der Waals surface area contributed by atoms with E-state index in [1.807, 2.05) is 18.8 Å². The van der Waals surface area contributed by atoms with Crippen LogP contribution in [-0.2, 0) is 13.6 Å². The van der Waals surface area contributed by atoms with Crippen molar-refractivity contribution in [2.75, 3.05) is 20.6 Å². The van der Waals surface area contributed by atoms with Crippen LogP contribution >= 0.6 is 0 Å². The Bertz CT molecular complexity index is 471. The van der Waals surface area contributed by atoms with Crippen LogP contribution in [0.5, 0.6) is 0 Å². The van der Waals surface area contributed by atoms with Gasteiger partial charge in [0.2, 0.25) is 0 Å². The van der Waals surface area contributed by atoms with Gasteiger partial charge in [0.05, 0.1) is 5.69 Å². The van der Waals surface area contributed by atoms with Crippen LogP contribution in [0.1, 0.15) is 57.7 Å². The van der Waals surface area contributed by atoms with Crippen LogP contribution in [0.3, 0.4) is 0 Å². The van der Waals surface area contributed by atoms with Crippen LogP contribution in [0.25, 0.3) is 0 Å². The number of aliphatic imine (C=N–C) groups is 1. The second-order valence-corrected chi connectivity index (χ2v) is 6.33. The normalized spacial score (nSPS) is 12.3. The molecule has 0 aliphatic carbocycles. The molecule has 126 valence electrons. The quantitative estimate of drug-likeness (QED) is 0.622. The fourth-order valence-corrected chi connectivity index (χ4v) is 2.69. The lowest BCUT2D eigenvalue weighted by Gasteiger charge is -2.24. The Morgan fingerprint density at radius 3 is 2.50 bits per heavy atom. The summed E-state index contributed by atoms with van der Waals surface area (Å²) < 4.78 is 1.90. The number of guanidine groups is 1. The zero-order valence-corrected chi connectivity index (χ0v) is 15.3. The Balaban J connectivity index is 2.71. The van der Waals surface area contributed by atoms with E-state index in [2.05, 4.69) is 61.2 Å². The molecule has 0 aliphatic heterocycles. The first kappa shape index (κ1) is 18.5. The molecule has 1 heterocycles. The lowest BCUT2D eigenvalue weighted by molar-refractivity contribution is 0.439. The smallest absolute Gasteiger partial charge is 0.193 e. The minimum absolute atomic E-state index is 0.434. The van der Waals surface area contributed by atoms with Crippen molar-refractivity contribution in [2.45, 2.75) is 53.0 Å². The van der Waals surface area contributed by atoms with Crippen molar-refractivity contribution in [3.8, 4) is 0 Å². The van der Waals surface area contributed by atoms with E-state index < -0.39 is 0 Å². The number of hydrogen-bond acceptors (Lipinski definition) is 2. The van der Waals surface area contributed by atoms with Crippen LogP contribution < -0.4 is 5.32 Å². The molecular weight excluding hydrogens is 274 g/mol. The maximum atomic E-state index is 4.58. The Hall–Kier alpha value is -1.52. The van der Waals surface area contributed by atoms with Gasteiger partial charge < -0.3 is 10.2 Å². The summed E-state index contributed by atoms with van der Waals surface area (Å²) in [5.74, 6) is 2.09. The SMILES string of the molecule is CCC(CC)CNC(=NC)N(C)Cc1cn(C)nc1C(C)C. The molecule has 22 heavy (non-hydrogen) atoms. The second-order valence-electron chi connectivity index (χ2n) is 6.33. The molecule has 0 aliphatic rings. The van der Waals surface area contributed by atoms with Crippen LogP contribution in [0.4, 0.5) is 0 Å². The van der Waals surface area contributed by atoms with E-state index in [1.54, 1.807) is 0 Å². The van der Waals surface area contributed by atoms with Crippen molar-refractivity contribution in [3.63, 3.8) is 0 Å². The second kappa shape index (κ2) is 8.81. The maximum Gasteiger partial charge on any atom is 0.193 e. The van der Waals surface area contributed by atoms with Crippen LogP contribution in [0, 0.1) is 5.92 Å². The largest absolute Gasteiger partial charge is 0.356 e. The average molecular weight is 307 g/mol. The summed E-state index contributed by atoms with van der Waals surface area (Å²) in [7, 11) is 5.91. The van der Waals surface area contributed by atoms with Gasteiger partial charge in [0.25, 0.3) is 0 Å². The molecule has 1 aromatic rings. The first-order chi connectivity index (χ1) is 10.4. The summed E-state index contributed by atoms with van der Waals surface area (Å²) in [5, 5.41) is 8.07. The zero-order chi connectivity index (χ0) is 16.7. The molecule has 0 bridgehead atoms. The lowest BCUT2D eigenvalue weighted by Crippen LogP contribution is -2.40. The molecule has 0 saturated heterocycles. The number of nitrogens with zero attached hydrogens (tertiary/aromatic N) is 4. The van der Waals surface area contributed by atoms with Crippen molar-refractivity contribution in [2.24, 2.45) is 18.0 Å². The van der Waals surface area contributed by atoms with Crippen LogP contribution in [0.2, 0.25) is 0 Å². The fraction of sp³-hybridized carbons (Fsp3) is 0.765. The van der Waals surface area contributed by atoms with E-state index >= 15 is 0 Å². The van der Waals surface area contributed by atoms with Gasteiger partial charge in [0, 0.05) is 46.0 Å². The molecule has 5 nitrogen and oxygen atoms in total. The summed E-state index contributed by atoms with van der Waals surface area (Å²) in [4.78, 5) is 6.58. The predicted octanol–water partition coefficient (Wildman–Crippen LogP) is 2.99. The monoisotopic (exact) mass is 307 g/mol. The Labute approximate surface area is 135 Å². The van der Waals surface area contributed by atoms with Crippen molar-refractivity contribution in [1.82, 2.24) is 20.0 Å². The van der Waals surface area contributed by atoms with E-state index in [0.717, 1.165) is 19.0 Å². The average Bonchev–Trinajstić information content (AvgIpc) is 2.84. The van der Waals surface area contributed by atoms with Gasteiger partial charge in [-0.05, 0) is 11.8 Å². The number of aromatic nitrogens is 2. The van der Waals surface area contributed by atoms with Gasteiger partial charge in [0.1, 0.15) is 0 Å². The van der Waals surface area contributed by atoms with Crippen LogP contribution in [-0.4, -0.2) is 41.3 Å². The maximum absolute atomic E-state index is 4.58. The van der Waals surface area contributed by atoms with Crippen molar-refractivity contribution in [3.05, 3.63) is 17.5 Å². The molecule has 1 aromatic heterocycles. The molecule has 0 atom stereocenters. The first-order valence-corrected chi connectivity index (χ1v) is 8.37. The molecule has 0 saturated carbocycles. The Morgan fingerprint density at radius 1 is 1.36 bits per heavy atom. The highest BCUT2D eigenvalue weighted by atomic mass is 15.3. The van der Waals surface area contributed by atoms with Crippen molar-refractivity contribution < 1.29 is 0 Å². The molecule has 0 amide bonds. The molecule has 0 fully saturated rings. The van der Waals surface area contributed by atoms with E-state index in [-0.39, 0.29) is 0 Å². The van der Waals surface area contributed by atoms with Gasteiger partial charge in [-0.3, -0.25) is 9.67 Å². The summed E-state index contributed by atoms with van der Waals surface area (Å²) in [6.45, 7) is 10.7. The summed E-state index contributed by atoms with van der Waals surface area (Å²) in [5.41, 5.74) is 2.44. The number of hydrogen-bond donors (Lipinski definition) is 1. The molecule has 0 aromatic carbocycles. The van der Waals surface area contributed by atoms with Crippen molar-refractivity contribution >= 4 is 5.96 Å². The molecule has 5 heteroatoms. The highest BCUT2D eigenvalue weighted by molar-refractivity contribution is 5.79. The van der Waals surface area contributed by atoms with Crippen LogP contribution in [0.15, 0.2) is 11.2 Å². The number of nitrogens with one attached hydrogen (secondary N) is 1. The standard InChI is InChI=1S/C17H33N5/c1-8-14(9-2)10-19-17(18-5)21(6)11-15-12-22(7)20-16(15)13(3)4/h12-14H,8-11H2,1-7H3,(H,18,19). The Kier molecular flexibility index (Phi) is 7.42. The van der Waals surface area contributed by atoms with Gasteiger partial charge >= 0.3 is 0 Å². The minimum Gasteiger partial charge on any atom is -0.356 e. The third kappa shape index (κ3) is 5.04. The van der Waals surface area contributed by atoms with Gasteiger partial charge in [-0.2, -0.15) is 5.10 Å². The lowest BCUT2D eigenvalue weighted by atomic mass is 10.0. The molecule has 0 unspecified atom stereocenters. The third-order valence-electron chi connectivity index (χ3n) is 4.17. The van der Waals surface area contributed by atoms with Gasteiger partial charge in [-0.15, -0.1) is 0 Å². The van der Waals surface area contributed by atoms with Gasteiger partial charge in [-0.1, -0.05) is 40.5 Å². The van der Waals surface area contributed by atoms with Gasteiger partial charge in [-0.25, -0.2) is 0 Å². The molecule has 1 N–H and O–H groups in total. The predicted molar refractivity (Wildman–Crippen MR) is 94.2 cm³/mol. The van der Waals surface area contributed by atoms with E-state index in [1.165, 1.54) is 24.1 Å². The first-order valence-electron chi connectivity index (χ1n) is 8.37. The van der Waals surface area contributed by atoms with Gasteiger partial charge in [0.15, 0.2) is 5.96 Å². The summed E-state index contributed by atoms with van der Waals surface area (Å²) in [6.07, 6.45) is 4.51. The minimum atomic E-state index is 0.434. The number of rotatable bonds is 7. The topological polar surface area (TPSA) is 45.5 Å². The molecular formula is C17H33N5. The Morgan fingerprint density at radius 2 is 2.00 bits per heavy atom. The van der Waals surface area contributed by atoms with E-state index in [0.29, 0.717) is 11.8 Å². The zero-order valence-electron chi connectivity index (χ0n) is 15.3. The number of aryl methyl sites for hydroxylation is 1. The molecule has 0 spiro atoms. The van der Waals surface area contributed by atoms with Crippen molar-refractivity contribution in [1.29, 1.82) is 0 Å². The van der Waals surface area contributed by atoms with E-state index in [4.69, 9.17) is 0 Å². The highest BCUT2D eigenvalue weighted by Crippen LogP contribution is 2.18. The molecule has 1 rings (SSSR count). The molecule has 0 radical (unpaired) electrons. The summed E-state index contributed by atoms with van der Waals surface area (Å²) in [6, 6.07) is 0.